The standard InChI is InChI=1S/C17H19ClO2/c1-3-20-17-9-4-12(2)10-15(17)16(19)11-13-5-7-14(18)8-6-13/h4-10,16,19H,3,11H2,1-2H3. The summed E-state index contributed by atoms with van der Waals surface area (Å²) >= 11 is 5.87. The molecule has 0 spiro atoms. The van der Waals surface area contributed by atoms with Crippen molar-refractivity contribution in [2.75, 3.05) is 6.61 Å². The smallest absolute Gasteiger partial charge is 0.125 e. The number of aliphatic hydroxyl groups excluding tert-OH is 1. The Morgan fingerprint density at radius 1 is 1.15 bits per heavy atom. The molecule has 0 bridgehead atoms. The SMILES string of the molecule is CCOc1ccc(C)cc1C(O)Cc1ccc(Cl)cc1. The molecule has 0 aliphatic heterocycles. The van der Waals surface area contributed by atoms with E-state index in [1.165, 1.54) is 0 Å². The lowest BCUT2D eigenvalue weighted by molar-refractivity contribution is 0.172. The zero-order chi connectivity index (χ0) is 14.5. The highest BCUT2D eigenvalue weighted by molar-refractivity contribution is 6.30. The number of hydrogen-bond acceptors (Lipinski definition) is 2. The van der Waals surface area contributed by atoms with E-state index in [2.05, 4.69) is 0 Å². The van der Waals surface area contributed by atoms with Gasteiger partial charge in [-0.3, -0.25) is 0 Å². The number of rotatable bonds is 5. The van der Waals surface area contributed by atoms with Crippen molar-refractivity contribution >= 4 is 11.6 Å². The summed E-state index contributed by atoms with van der Waals surface area (Å²) in [5.74, 6) is 0.750. The molecule has 2 nitrogen and oxygen atoms in total. The summed E-state index contributed by atoms with van der Waals surface area (Å²) < 4.78 is 5.59. The lowest BCUT2D eigenvalue weighted by atomic mass is 9.99. The van der Waals surface area contributed by atoms with Crippen molar-refractivity contribution in [3.05, 3.63) is 64.2 Å². The van der Waals surface area contributed by atoms with E-state index < -0.39 is 6.10 Å². The van der Waals surface area contributed by atoms with Gasteiger partial charge in [0.15, 0.2) is 0 Å². The van der Waals surface area contributed by atoms with Crippen LogP contribution in [0, 0.1) is 6.92 Å². The molecule has 1 unspecified atom stereocenters. The molecule has 0 amide bonds. The summed E-state index contributed by atoms with van der Waals surface area (Å²) in [5, 5.41) is 11.2. The van der Waals surface area contributed by atoms with Crippen molar-refractivity contribution in [3.8, 4) is 5.75 Å². The van der Waals surface area contributed by atoms with Crippen LogP contribution < -0.4 is 4.74 Å². The Balaban J connectivity index is 2.21. The Kier molecular flexibility index (Phi) is 5.05. The number of hydrogen-bond donors (Lipinski definition) is 1. The van der Waals surface area contributed by atoms with Crippen LogP contribution in [-0.4, -0.2) is 11.7 Å². The maximum absolute atomic E-state index is 10.5. The van der Waals surface area contributed by atoms with Gasteiger partial charge in [-0.25, -0.2) is 0 Å². The fraction of sp³-hybridized carbons (Fsp3) is 0.294. The average molecular weight is 291 g/mol. The fourth-order valence-electron chi connectivity index (χ4n) is 2.17. The van der Waals surface area contributed by atoms with Gasteiger partial charge in [-0.05, 0) is 43.7 Å². The van der Waals surface area contributed by atoms with E-state index in [1.807, 2.05) is 56.3 Å². The van der Waals surface area contributed by atoms with E-state index >= 15 is 0 Å². The second-order valence-electron chi connectivity index (χ2n) is 4.82. The first-order valence-electron chi connectivity index (χ1n) is 6.76. The molecule has 0 saturated heterocycles. The molecule has 3 heteroatoms. The summed E-state index contributed by atoms with van der Waals surface area (Å²) in [5.41, 5.74) is 2.99. The molecule has 2 rings (SSSR count). The second-order valence-corrected chi connectivity index (χ2v) is 5.26. The van der Waals surface area contributed by atoms with Crippen LogP contribution in [0.25, 0.3) is 0 Å². The minimum absolute atomic E-state index is 0.542. The average Bonchev–Trinajstić information content (AvgIpc) is 2.43. The van der Waals surface area contributed by atoms with Gasteiger partial charge in [-0.15, -0.1) is 0 Å². The third-order valence-corrected chi connectivity index (χ3v) is 3.42. The van der Waals surface area contributed by atoms with Crippen molar-refractivity contribution in [2.45, 2.75) is 26.4 Å². The molecule has 2 aromatic carbocycles. The highest BCUT2D eigenvalue weighted by Crippen LogP contribution is 2.29. The summed E-state index contributed by atoms with van der Waals surface area (Å²) in [7, 11) is 0. The molecule has 1 atom stereocenters. The fourth-order valence-corrected chi connectivity index (χ4v) is 2.29. The van der Waals surface area contributed by atoms with Gasteiger partial charge < -0.3 is 9.84 Å². The number of aryl methyl sites for hydroxylation is 1. The predicted molar refractivity (Wildman–Crippen MR) is 82.5 cm³/mol. The maximum atomic E-state index is 10.5. The minimum atomic E-state index is -0.586. The van der Waals surface area contributed by atoms with Crippen LogP contribution in [0.15, 0.2) is 42.5 Å². The van der Waals surface area contributed by atoms with Gasteiger partial charge in [-0.1, -0.05) is 35.4 Å². The lowest BCUT2D eigenvalue weighted by Crippen LogP contribution is -2.06. The van der Waals surface area contributed by atoms with Crippen LogP contribution in [-0.2, 0) is 6.42 Å². The Hall–Kier alpha value is -1.51. The van der Waals surface area contributed by atoms with Crippen molar-refractivity contribution in [1.82, 2.24) is 0 Å². The van der Waals surface area contributed by atoms with Crippen LogP contribution in [0.1, 0.15) is 29.7 Å². The van der Waals surface area contributed by atoms with Gasteiger partial charge >= 0.3 is 0 Å². The minimum Gasteiger partial charge on any atom is -0.493 e. The Morgan fingerprint density at radius 3 is 2.50 bits per heavy atom. The van der Waals surface area contributed by atoms with Crippen molar-refractivity contribution in [3.63, 3.8) is 0 Å². The molecule has 0 heterocycles. The van der Waals surface area contributed by atoms with E-state index in [1.54, 1.807) is 0 Å². The highest BCUT2D eigenvalue weighted by Gasteiger charge is 2.14. The van der Waals surface area contributed by atoms with E-state index in [0.717, 1.165) is 22.4 Å². The van der Waals surface area contributed by atoms with Gasteiger partial charge in [0.25, 0.3) is 0 Å². The molecular formula is C17H19ClO2. The van der Waals surface area contributed by atoms with Gasteiger partial charge in [0, 0.05) is 17.0 Å². The van der Waals surface area contributed by atoms with Gasteiger partial charge in [-0.2, -0.15) is 0 Å². The molecule has 0 aliphatic carbocycles. The monoisotopic (exact) mass is 290 g/mol. The zero-order valence-electron chi connectivity index (χ0n) is 11.8. The van der Waals surface area contributed by atoms with E-state index in [4.69, 9.17) is 16.3 Å². The van der Waals surface area contributed by atoms with Gasteiger partial charge in [0.1, 0.15) is 5.75 Å². The van der Waals surface area contributed by atoms with E-state index in [-0.39, 0.29) is 0 Å². The first-order valence-corrected chi connectivity index (χ1v) is 7.13. The van der Waals surface area contributed by atoms with Crippen LogP contribution in [0.5, 0.6) is 5.75 Å². The largest absolute Gasteiger partial charge is 0.493 e. The van der Waals surface area contributed by atoms with Gasteiger partial charge in [0.05, 0.1) is 12.7 Å². The highest BCUT2D eigenvalue weighted by atomic mass is 35.5. The van der Waals surface area contributed by atoms with E-state index in [0.29, 0.717) is 18.1 Å². The summed E-state index contributed by atoms with van der Waals surface area (Å²) in [6.45, 7) is 4.53. The normalized spacial score (nSPS) is 12.2. The molecule has 1 N–H and O–H groups in total. The second kappa shape index (κ2) is 6.78. The molecule has 106 valence electrons. The van der Waals surface area contributed by atoms with Crippen molar-refractivity contribution in [2.24, 2.45) is 0 Å². The molecule has 0 aliphatic rings. The van der Waals surface area contributed by atoms with Crippen LogP contribution in [0.2, 0.25) is 5.02 Å². The van der Waals surface area contributed by atoms with E-state index in [9.17, 15) is 5.11 Å². The number of halogens is 1. The Morgan fingerprint density at radius 2 is 1.85 bits per heavy atom. The first-order chi connectivity index (χ1) is 9.60. The van der Waals surface area contributed by atoms with Crippen LogP contribution in [0.3, 0.4) is 0 Å². The number of benzene rings is 2. The third-order valence-electron chi connectivity index (χ3n) is 3.17. The van der Waals surface area contributed by atoms with Crippen LogP contribution in [0.4, 0.5) is 0 Å². The summed E-state index contributed by atoms with van der Waals surface area (Å²) in [4.78, 5) is 0. The molecule has 0 radical (unpaired) electrons. The number of ether oxygens (including phenoxy) is 1. The van der Waals surface area contributed by atoms with Crippen molar-refractivity contribution in [1.29, 1.82) is 0 Å². The first kappa shape index (κ1) is 14.9. The number of aliphatic hydroxyl groups is 1. The summed E-state index contributed by atoms with van der Waals surface area (Å²) in [6.07, 6.45) is -0.0432. The lowest BCUT2D eigenvalue weighted by Gasteiger charge is -2.16. The topological polar surface area (TPSA) is 29.5 Å². The van der Waals surface area contributed by atoms with Crippen LogP contribution >= 0.6 is 11.6 Å². The summed E-state index contributed by atoms with van der Waals surface area (Å²) in [6, 6.07) is 13.4. The maximum Gasteiger partial charge on any atom is 0.125 e. The molecule has 20 heavy (non-hydrogen) atoms. The van der Waals surface area contributed by atoms with Gasteiger partial charge in [0.2, 0.25) is 0 Å². The zero-order valence-corrected chi connectivity index (χ0v) is 12.5. The molecule has 0 saturated carbocycles. The molecular weight excluding hydrogens is 272 g/mol. The predicted octanol–water partition coefficient (Wildman–Crippen LogP) is 4.32. The molecule has 0 aromatic heterocycles. The van der Waals surface area contributed by atoms with Crippen molar-refractivity contribution < 1.29 is 9.84 Å². The third kappa shape index (κ3) is 3.75. The quantitative estimate of drug-likeness (QED) is 0.888. The Bertz CT molecular complexity index is 564. The molecule has 2 aromatic rings. The Labute approximate surface area is 125 Å². The molecule has 0 fully saturated rings.